The monoisotopic (exact) mass is 324 g/mol. The molecule has 3 unspecified atom stereocenters. The van der Waals surface area contributed by atoms with Gasteiger partial charge in [-0.3, -0.25) is 0 Å². The third kappa shape index (κ3) is 4.95. The number of hydrogen-bond donors (Lipinski definition) is 0. The molecule has 108 valence electrons. The van der Waals surface area contributed by atoms with E-state index in [0.717, 1.165) is 0 Å². The molecule has 0 saturated heterocycles. The molecule has 0 aromatic heterocycles. The summed E-state index contributed by atoms with van der Waals surface area (Å²) in [7, 11) is 0. The van der Waals surface area contributed by atoms with Crippen molar-refractivity contribution in [2.24, 2.45) is 11.3 Å². The van der Waals surface area contributed by atoms with Gasteiger partial charge in [-0.15, -0.1) is 0 Å². The Morgan fingerprint density at radius 2 is 1.47 bits per heavy atom. The van der Waals surface area contributed by atoms with Crippen LogP contribution in [0.15, 0.2) is 24.3 Å². The SMILES string of the molecule is CCC(C)c1ccc(C(Br)CC(C)C(C)(C)C)cc1. The van der Waals surface area contributed by atoms with Gasteiger partial charge in [0.05, 0.1) is 0 Å². The lowest BCUT2D eigenvalue weighted by Gasteiger charge is -2.29. The van der Waals surface area contributed by atoms with Crippen molar-refractivity contribution in [2.75, 3.05) is 0 Å². The maximum absolute atomic E-state index is 3.86. The number of hydrogen-bond acceptors (Lipinski definition) is 0. The van der Waals surface area contributed by atoms with E-state index in [1.165, 1.54) is 24.0 Å². The summed E-state index contributed by atoms with van der Waals surface area (Å²) in [5.74, 6) is 1.36. The highest BCUT2D eigenvalue weighted by Crippen LogP contribution is 2.37. The van der Waals surface area contributed by atoms with Crippen LogP contribution in [0.25, 0.3) is 0 Å². The summed E-state index contributed by atoms with van der Waals surface area (Å²) in [5, 5.41) is 0. The molecule has 0 aliphatic heterocycles. The van der Waals surface area contributed by atoms with Gasteiger partial charge >= 0.3 is 0 Å². The summed E-state index contributed by atoms with van der Waals surface area (Å²) in [6.45, 7) is 13.9. The van der Waals surface area contributed by atoms with Gasteiger partial charge in [0.15, 0.2) is 0 Å². The predicted octanol–water partition coefficient (Wildman–Crippen LogP) is 6.71. The van der Waals surface area contributed by atoms with Crippen molar-refractivity contribution in [1.29, 1.82) is 0 Å². The van der Waals surface area contributed by atoms with Gasteiger partial charge in [0.25, 0.3) is 0 Å². The van der Waals surface area contributed by atoms with Gasteiger partial charge in [-0.2, -0.15) is 0 Å². The fourth-order valence-corrected chi connectivity index (χ4v) is 2.94. The van der Waals surface area contributed by atoms with Gasteiger partial charge in [-0.05, 0) is 41.2 Å². The lowest BCUT2D eigenvalue weighted by Crippen LogP contribution is -2.18. The van der Waals surface area contributed by atoms with E-state index < -0.39 is 0 Å². The van der Waals surface area contributed by atoms with Crippen LogP contribution in [0.3, 0.4) is 0 Å². The molecule has 0 bridgehead atoms. The van der Waals surface area contributed by atoms with Crippen molar-refractivity contribution in [2.45, 2.75) is 65.1 Å². The summed E-state index contributed by atoms with van der Waals surface area (Å²) in [5.41, 5.74) is 3.24. The number of alkyl halides is 1. The van der Waals surface area contributed by atoms with E-state index in [2.05, 4.69) is 81.7 Å². The van der Waals surface area contributed by atoms with E-state index in [-0.39, 0.29) is 0 Å². The van der Waals surface area contributed by atoms with Crippen LogP contribution >= 0.6 is 15.9 Å². The van der Waals surface area contributed by atoms with Gasteiger partial charge in [0, 0.05) is 4.83 Å². The second kappa shape index (κ2) is 6.92. The van der Waals surface area contributed by atoms with E-state index in [1.807, 2.05) is 0 Å². The second-order valence-electron chi connectivity index (χ2n) is 6.95. The fraction of sp³-hybridized carbons (Fsp3) is 0.667. The standard InChI is InChI=1S/C18H29Br/c1-7-13(2)15-8-10-16(11-9-15)17(19)12-14(3)18(4,5)6/h8-11,13-14,17H,7,12H2,1-6H3. The predicted molar refractivity (Wildman–Crippen MR) is 90.1 cm³/mol. The molecule has 0 saturated carbocycles. The molecular formula is C18H29Br. The number of halogens is 1. The highest BCUT2D eigenvalue weighted by atomic mass is 79.9. The number of rotatable bonds is 5. The second-order valence-corrected chi connectivity index (χ2v) is 8.05. The Hall–Kier alpha value is -0.300. The minimum atomic E-state index is 0.378. The number of benzene rings is 1. The molecule has 0 nitrogen and oxygen atoms in total. The van der Waals surface area contributed by atoms with Crippen LogP contribution in [0.4, 0.5) is 0 Å². The summed E-state index contributed by atoms with van der Waals surface area (Å²) in [6, 6.07) is 9.16. The molecule has 0 spiro atoms. The summed E-state index contributed by atoms with van der Waals surface area (Å²) in [6.07, 6.45) is 2.39. The molecule has 1 aromatic carbocycles. The van der Waals surface area contributed by atoms with Crippen LogP contribution < -0.4 is 0 Å². The molecule has 0 N–H and O–H groups in total. The van der Waals surface area contributed by atoms with Crippen molar-refractivity contribution in [1.82, 2.24) is 0 Å². The molecule has 3 atom stereocenters. The van der Waals surface area contributed by atoms with E-state index in [9.17, 15) is 0 Å². The summed E-state index contributed by atoms with van der Waals surface area (Å²) >= 11 is 3.86. The normalized spacial score (nSPS) is 17.0. The van der Waals surface area contributed by atoms with E-state index >= 15 is 0 Å². The first-order valence-electron chi connectivity index (χ1n) is 7.49. The maximum Gasteiger partial charge on any atom is 0.0398 e. The van der Waals surface area contributed by atoms with Gasteiger partial charge in [0.1, 0.15) is 0 Å². The van der Waals surface area contributed by atoms with Gasteiger partial charge in [-0.25, -0.2) is 0 Å². The third-order valence-corrected chi connectivity index (χ3v) is 5.42. The average Bonchev–Trinajstić information content (AvgIpc) is 2.36. The summed E-state index contributed by atoms with van der Waals surface area (Å²) < 4.78 is 0. The Bertz CT molecular complexity index is 372. The highest BCUT2D eigenvalue weighted by Gasteiger charge is 2.23. The minimum absolute atomic E-state index is 0.378. The zero-order valence-electron chi connectivity index (χ0n) is 13.3. The molecule has 0 aliphatic carbocycles. The molecule has 0 radical (unpaired) electrons. The van der Waals surface area contributed by atoms with E-state index in [4.69, 9.17) is 0 Å². The van der Waals surface area contributed by atoms with Crippen LogP contribution in [-0.4, -0.2) is 0 Å². The smallest absolute Gasteiger partial charge is 0.0398 e. The van der Waals surface area contributed by atoms with Crippen LogP contribution in [-0.2, 0) is 0 Å². The van der Waals surface area contributed by atoms with Gasteiger partial charge in [0.2, 0.25) is 0 Å². The molecule has 1 heteroatoms. The van der Waals surface area contributed by atoms with Crippen molar-refractivity contribution in [3.05, 3.63) is 35.4 Å². The van der Waals surface area contributed by atoms with Crippen LogP contribution in [0.1, 0.15) is 76.3 Å². The maximum atomic E-state index is 3.86. The minimum Gasteiger partial charge on any atom is -0.0839 e. The molecule has 1 aromatic rings. The first-order valence-corrected chi connectivity index (χ1v) is 8.41. The Labute approximate surface area is 128 Å². The first kappa shape index (κ1) is 16.8. The Morgan fingerprint density at radius 3 is 1.89 bits per heavy atom. The zero-order valence-corrected chi connectivity index (χ0v) is 14.9. The van der Waals surface area contributed by atoms with Gasteiger partial charge in [-0.1, -0.05) is 81.7 Å². The topological polar surface area (TPSA) is 0 Å². The molecule has 19 heavy (non-hydrogen) atoms. The lowest BCUT2D eigenvalue weighted by molar-refractivity contribution is 0.246. The molecule has 0 aliphatic rings. The van der Waals surface area contributed by atoms with Crippen molar-refractivity contribution >= 4 is 15.9 Å². The first-order chi connectivity index (χ1) is 8.75. The van der Waals surface area contributed by atoms with Gasteiger partial charge < -0.3 is 0 Å². The molecular weight excluding hydrogens is 296 g/mol. The van der Waals surface area contributed by atoms with Crippen LogP contribution in [0, 0.1) is 11.3 Å². The quantitative estimate of drug-likeness (QED) is 0.528. The molecule has 0 fully saturated rings. The Kier molecular flexibility index (Phi) is 6.11. The largest absolute Gasteiger partial charge is 0.0839 e. The zero-order chi connectivity index (χ0) is 14.6. The fourth-order valence-electron chi connectivity index (χ4n) is 2.07. The van der Waals surface area contributed by atoms with E-state index in [1.54, 1.807) is 0 Å². The summed E-state index contributed by atoms with van der Waals surface area (Å²) in [4.78, 5) is 0.465. The van der Waals surface area contributed by atoms with Crippen molar-refractivity contribution in [3.63, 3.8) is 0 Å². The molecule has 1 rings (SSSR count). The van der Waals surface area contributed by atoms with Crippen molar-refractivity contribution in [3.8, 4) is 0 Å². The van der Waals surface area contributed by atoms with Crippen molar-refractivity contribution < 1.29 is 0 Å². The van der Waals surface area contributed by atoms with E-state index in [0.29, 0.717) is 22.1 Å². The Morgan fingerprint density at radius 1 is 1.00 bits per heavy atom. The Balaban J connectivity index is 2.70. The third-order valence-electron chi connectivity index (χ3n) is 4.52. The molecule has 0 heterocycles. The lowest BCUT2D eigenvalue weighted by atomic mass is 9.79. The van der Waals surface area contributed by atoms with Crippen LogP contribution in [0.5, 0.6) is 0 Å². The average molecular weight is 325 g/mol. The van der Waals surface area contributed by atoms with Crippen LogP contribution in [0.2, 0.25) is 0 Å². The highest BCUT2D eigenvalue weighted by molar-refractivity contribution is 9.09. The molecule has 0 amide bonds.